The summed E-state index contributed by atoms with van der Waals surface area (Å²) in [5, 5.41) is 14.1. The van der Waals surface area contributed by atoms with Crippen LogP contribution in [0.1, 0.15) is 22.6 Å². The van der Waals surface area contributed by atoms with Crippen molar-refractivity contribution in [2.45, 2.75) is 25.4 Å². The van der Waals surface area contributed by atoms with Gasteiger partial charge in [-0.15, -0.1) is 5.10 Å². The van der Waals surface area contributed by atoms with Crippen molar-refractivity contribution in [3.63, 3.8) is 0 Å². The second kappa shape index (κ2) is 5.64. The standard InChI is InChI=1S/C15H15N7O/c23-15(18-12-4-5-14-16-6-7-21(14)9-12)11-2-1-3-13(8-11)22-10-17-19-20-22/h1-3,6-8,10,12H,4-5,9H2,(H,18,23)/t12-/m1/s1. The number of aryl methyl sites for hydroxylation is 1. The Kier molecular flexibility index (Phi) is 3.34. The minimum absolute atomic E-state index is 0.0894. The van der Waals surface area contributed by atoms with Crippen molar-refractivity contribution in [3.05, 3.63) is 54.4 Å². The van der Waals surface area contributed by atoms with E-state index in [1.54, 1.807) is 18.3 Å². The van der Waals surface area contributed by atoms with Crippen molar-refractivity contribution in [1.29, 1.82) is 0 Å². The molecule has 116 valence electrons. The van der Waals surface area contributed by atoms with Gasteiger partial charge in [-0.1, -0.05) is 6.07 Å². The lowest BCUT2D eigenvalue weighted by atomic mass is 10.1. The van der Waals surface area contributed by atoms with E-state index < -0.39 is 0 Å². The van der Waals surface area contributed by atoms with Gasteiger partial charge in [-0.2, -0.15) is 0 Å². The van der Waals surface area contributed by atoms with E-state index in [4.69, 9.17) is 0 Å². The number of amides is 1. The Morgan fingerprint density at radius 3 is 3.17 bits per heavy atom. The molecule has 0 bridgehead atoms. The zero-order valence-corrected chi connectivity index (χ0v) is 12.3. The molecule has 1 aliphatic rings. The number of carbonyl (C=O) groups excluding carboxylic acids is 1. The number of imidazole rings is 1. The molecule has 1 N–H and O–H groups in total. The average molecular weight is 309 g/mol. The van der Waals surface area contributed by atoms with Gasteiger partial charge in [0.1, 0.15) is 12.2 Å². The van der Waals surface area contributed by atoms with Crippen molar-refractivity contribution in [2.75, 3.05) is 0 Å². The zero-order valence-electron chi connectivity index (χ0n) is 12.3. The molecule has 0 unspecified atom stereocenters. The molecule has 3 heterocycles. The normalized spacial score (nSPS) is 16.8. The fraction of sp³-hybridized carbons (Fsp3) is 0.267. The predicted octanol–water partition coefficient (Wildman–Crippen LogP) is 0.604. The summed E-state index contributed by atoms with van der Waals surface area (Å²) < 4.78 is 3.61. The summed E-state index contributed by atoms with van der Waals surface area (Å²) >= 11 is 0. The van der Waals surface area contributed by atoms with Crippen LogP contribution in [0.25, 0.3) is 5.69 Å². The van der Waals surface area contributed by atoms with Gasteiger partial charge in [0.15, 0.2) is 0 Å². The lowest BCUT2D eigenvalue weighted by Crippen LogP contribution is -2.40. The first-order valence-electron chi connectivity index (χ1n) is 7.44. The molecule has 0 aliphatic carbocycles. The first-order valence-corrected chi connectivity index (χ1v) is 7.44. The monoisotopic (exact) mass is 309 g/mol. The van der Waals surface area contributed by atoms with Crippen LogP contribution in [0.5, 0.6) is 0 Å². The highest BCUT2D eigenvalue weighted by Crippen LogP contribution is 2.14. The van der Waals surface area contributed by atoms with Gasteiger partial charge in [0, 0.05) is 37.0 Å². The van der Waals surface area contributed by atoms with Crippen LogP contribution in [-0.4, -0.2) is 41.7 Å². The first kappa shape index (κ1) is 13.6. The molecule has 23 heavy (non-hydrogen) atoms. The van der Waals surface area contributed by atoms with Crippen LogP contribution >= 0.6 is 0 Å². The topological polar surface area (TPSA) is 90.5 Å². The minimum atomic E-state index is -0.0894. The number of hydrogen-bond acceptors (Lipinski definition) is 5. The van der Waals surface area contributed by atoms with E-state index in [-0.39, 0.29) is 11.9 Å². The van der Waals surface area contributed by atoms with Crippen molar-refractivity contribution < 1.29 is 4.79 Å². The summed E-state index contributed by atoms with van der Waals surface area (Å²) in [6.45, 7) is 0.758. The molecule has 0 spiro atoms. The lowest BCUT2D eigenvalue weighted by molar-refractivity contribution is 0.0927. The van der Waals surface area contributed by atoms with E-state index in [0.717, 1.165) is 30.9 Å². The number of hydrogen-bond donors (Lipinski definition) is 1. The van der Waals surface area contributed by atoms with Crippen LogP contribution in [-0.2, 0) is 13.0 Å². The number of fused-ring (bicyclic) bond motifs is 1. The number of rotatable bonds is 3. The van der Waals surface area contributed by atoms with E-state index in [0.29, 0.717) is 5.56 Å². The summed E-state index contributed by atoms with van der Waals surface area (Å²) in [6.07, 6.45) is 7.03. The molecule has 0 radical (unpaired) electrons. The second-order valence-electron chi connectivity index (χ2n) is 5.51. The number of aromatic nitrogens is 6. The molecular weight excluding hydrogens is 294 g/mol. The Balaban J connectivity index is 1.49. The summed E-state index contributed by atoms with van der Waals surface area (Å²) in [6, 6.07) is 7.35. The molecule has 4 rings (SSSR count). The molecular formula is C15H15N7O. The third-order valence-electron chi connectivity index (χ3n) is 3.99. The first-order chi connectivity index (χ1) is 11.3. The third-order valence-corrected chi connectivity index (χ3v) is 3.99. The number of nitrogens with zero attached hydrogens (tertiary/aromatic N) is 6. The molecule has 1 amide bonds. The van der Waals surface area contributed by atoms with Crippen LogP contribution in [0.4, 0.5) is 0 Å². The fourth-order valence-electron chi connectivity index (χ4n) is 2.82. The Morgan fingerprint density at radius 1 is 1.35 bits per heavy atom. The van der Waals surface area contributed by atoms with Crippen LogP contribution in [0.15, 0.2) is 43.0 Å². The number of benzene rings is 1. The maximum absolute atomic E-state index is 12.5. The number of tetrazole rings is 1. The maximum Gasteiger partial charge on any atom is 0.251 e. The quantitative estimate of drug-likeness (QED) is 0.765. The Labute approximate surface area is 132 Å². The average Bonchev–Trinajstić information content (AvgIpc) is 3.26. The number of nitrogens with one attached hydrogen (secondary N) is 1. The van der Waals surface area contributed by atoms with Gasteiger partial charge in [-0.05, 0) is 35.0 Å². The molecule has 8 heteroatoms. The Bertz CT molecular complexity index is 824. The molecule has 0 fully saturated rings. The molecule has 3 aromatic rings. The van der Waals surface area contributed by atoms with E-state index >= 15 is 0 Å². The molecule has 1 aliphatic heterocycles. The van der Waals surface area contributed by atoms with Gasteiger partial charge in [-0.25, -0.2) is 9.67 Å². The highest BCUT2D eigenvalue weighted by atomic mass is 16.1. The predicted molar refractivity (Wildman–Crippen MR) is 81.0 cm³/mol. The smallest absolute Gasteiger partial charge is 0.251 e. The van der Waals surface area contributed by atoms with Crippen molar-refractivity contribution in [1.82, 2.24) is 35.1 Å². The molecule has 0 saturated heterocycles. The highest BCUT2D eigenvalue weighted by molar-refractivity contribution is 5.94. The van der Waals surface area contributed by atoms with Gasteiger partial charge >= 0.3 is 0 Å². The van der Waals surface area contributed by atoms with E-state index in [1.807, 2.05) is 18.3 Å². The van der Waals surface area contributed by atoms with E-state index in [2.05, 4.69) is 30.4 Å². The molecule has 1 aromatic carbocycles. The summed E-state index contributed by atoms with van der Waals surface area (Å²) in [4.78, 5) is 16.8. The van der Waals surface area contributed by atoms with Crippen molar-refractivity contribution >= 4 is 5.91 Å². The molecule has 2 aromatic heterocycles. The van der Waals surface area contributed by atoms with Gasteiger partial charge in [0.2, 0.25) is 0 Å². The molecule has 1 atom stereocenters. The SMILES string of the molecule is O=C(N[C@@H]1CCc2nccn2C1)c1cccc(-n2cnnn2)c1. The highest BCUT2D eigenvalue weighted by Gasteiger charge is 2.21. The van der Waals surface area contributed by atoms with Crippen molar-refractivity contribution in [3.8, 4) is 5.69 Å². The van der Waals surface area contributed by atoms with Crippen LogP contribution in [0.3, 0.4) is 0 Å². The fourth-order valence-corrected chi connectivity index (χ4v) is 2.82. The zero-order chi connectivity index (χ0) is 15.6. The van der Waals surface area contributed by atoms with Gasteiger partial charge in [-0.3, -0.25) is 4.79 Å². The van der Waals surface area contributed by atoms with Crippen LogP contribution < -0.4 is 5.32 Å². The maximum atomic E-state index is 12.5. The Morgan fingerprint density at radius 2 is 2.30 bits per heavy atom. The van der Waals surface area contributed by atoms with Crippen LogP contribution in [0.2, 0.25) is 0 Å². The van der Waals surface area contributed by atoms with Gasteiger partial charge in [0.25, 0.3) is 5.91 Å². The summed E-state index contributed by atoms with van der Waals surface area (Å²) in [5.41, 5.74) is 1.35. The van der Waals surface area contributed by atoms with Gasteiger partial charge in [0.05, 0.1) is 5.69 Å². The summed E-state index contributed by atoms with van der Waals surface area (Å²) in [7, 11) is 0. The molecule has 0 saturated carbocycles. The van der Waals surface area contributed by atoms with E-state index in [9.17, 15) is 4.79 Å². The van der Waals surface area contributed by atoms with E-state index in [1.165, 1.54) is 11.0 Å². The molecule has 8 nitrogen and oxygen atoms in total. The van der Waals surface area contributed by atoms with Crippen LogP contribution in [0, 0.1) is 0 Å². The Hall–Kier alpha value is -3.03. The number of carbonyl (C=O) groups is 1. The largest absolute Gasteiger partial charge is 0.347 e. The summed E-state index contributed by atoms with van der Waals surface area (Å²) in [5.74, 6) is 0.990. The van der Waals surface area contributed by atoms with Gasteiger partial charge < -0.3 is 9.88 Å². The minimum Gasteiger partial charge on any atom is -0.347 e. The lowest BCUT2D eigenvalue weighted by Gasteiger charge is -2.24. The van der Waals surface area contributed by atoms with Crippen molar-refractivity contribution in [2.24, 2.45) is 0 Å². The third kappa shape index (κ3) is 2.70. The second-order valence-corrected chi connectivity index (χ2v) is 5.51.